The van der Waals surface area contributed by atoms with E-state index in [0.29, 0.717) is 30.4 Å². The zero-order chi connectivity index (χ0) is 30.5. The van der Waals surface area contributed by atoms with Gasteiger partial charge in [-0.15, -0.1) is 0 Å². The topological polar surface area (TPSA) is 105 Å². The smallest absolute Gasteiger partial charge is 0.423 e. The number of pyridine rings is 1. The van der Waals surface area contributed by atoms with E-state index in [9.17, 15) is 10.0 Å². The molecule has 4 N–H and O–H groups in total. The van der Waals surface area contributed by atoms with Gasteiger partial charge in [0.25, 0.3) is 0 Å². The van der Waals surface area contributed by atoms with Gasteiger partial charge in [-0.25, -0.2) is 9.69 Å². The van der Waals surface area contributed by atoms with Crippen LogP contribution in [-0.2, 0) is 22.5 Å². The van der Waals surface area contributed by atoms with E-state index >= 15 is 0 Å². The molecule has 9 nitrogen and oxygen atoms in total. The average Bonchev–Trinajstić information content (AvgIpc) is 3.61. The van der Waals surface area contributed by atoms with Crippen LogP contribution in [0.3, 0.4) is 0 Å². The molecule has 4 aromatic rings. The SMILES string of the molecule is CC.CC.[C-]#[N+]c1ccc(Nc2ccc3c(c2)COB3O)cc1.[C-]#[N+]c1ccc(Nc2ccc3c(c2)COB3O)nc1. The van der Waals surface area contributed by atoms with Gasteiger partial charge >= 0.3 is 14.2 Å². The Morgan fingerprint density at radius 2 is 1.14 bits per heavy atom. The van der Waals surface area contributed by atoms with Crippen LogP contribution < -0.4 is 21.6 Å². The zero-order valence-electron chi connectivity index (χ0n) is 24.1. The first-order valence-corrected chi connectivity index (χ1v) is 13.7. The van der Waals surface area contributed by atoms with Crippen LogP contribution in [0.5, 0.6) is 0 Å². The van der Waals surface area contributed by atoms with Gasteiger partial charge in [0.1, 0.15) is 5.82 Å². The maximum atomic E-state index is 9.55. The summed E-state index contributed by atoms with van der Waals surface area (Å²) in [5, 5.41) is 25.5. The average molecular weight is 561 g/mol. The van der Waals surface area contributed by atoms with Gasteiger partial charge in [0.2, 0.25) is 5.69 Å². The van der Waals surface area contributed by atoms with Gasteiger partial charge in [0.15, 0.2) is 5.69 Å². The van der Waals surface area contributed by atoms with Crippen LogP contribution in [0, 0.1) is 13.1 Å². The van der Waals surface area contributed by atoms with E-state index in [0.717, 1.165) is 39.1 Å². The Hall–Kier alpha value is -4.64. The molecule has 2 aliphatic rings. The summed E-state index contributed by atoms with van der Waals surface area (Å²) in [5.41, 5.74) is 7.46. The molecule has 212 valence electrons. The van der Waals surface area contributed by atoms with Crippen LogP contribution in [0.1, 0.15) is 38.8 Å². The normalized spacial score (nSPS) is 12.0. The van der Waals surface area contributed by atoms with Crippen LogP contribution in [0.25, 0.3) is 9.69 Å². The lowest BCUT2D eigenvalue weighted by molar-refractivity contribution is 0.275. The fourth-order valence-electron chi connectivity index (χ4n) is 4.08. The minimum atomic E-state index is -0.819. The third-order valence-corrected chi connectivity index (χ3v) is 6.05. The Morgan fingerprint density at radius 1 is 0.667 bits per heavy atom. The maximum Gasteiger partial charge on any atom is 0.491 e. The molecule has 0 unspecified atom stereocenters. The highest BCUT2D eigenvalue weighted by Crippen LogP contribution is 2.23. The van der Waals surface area contributed by atoms with Gasteiger partial charge in [-0.1, -0.05) is 58.0 Å². The second-order valence-electron chi connectivity index (χ2n) is 8.58. The lowest BCUT2D eigenvalue weighted by Gasteiger charge is -2.08. The summed E-state index contributed by atoms with van der Waals surface area (Å²) >= 11 is 0. The second-order valence-corrected chi connectivity index (χ2v) is 8.58. The summed E-state index contributed by atoms with van der Waals surface area (Å²) in [5.74, 6) is 0.673. The third kappa shape index (κ3) is 8.20. The van der Waals surface area contributed by atoms with Gasteiger partial charge in [-0.2, -0.15) is 0 Å². The summed E-state index contributed by atoms with van der Waals surface area (Å²) in [4.78, 5) is 10.8. The van der Waals surface area contributed by atoms with Crippen molar-refractivity contribution in [3.63, 3.8) is 0 Å². The van der Waals surface area contributed by atoms with Crippen molar-refractivity contribution in [2.45, 2.75) is 40.9 Å². The second kappa shape index (κ2) is 16.0. The third-order valence-electron chi connectivity index (χ3n) is 6.05. The van der Waals surface area contributed by atoms with Gasteiger partial charge in [0, 0.05) is 23.3 Å². The Labute approximate surface area is 248 Å². The van der Waals surface area contributed by atoms with Gasteiger partial charge in [-0.3, -0.25) is 4.98 Å². The highest BCUT2D eigenvalue weighted by Gasteiger charge is 2.27. The molecule has 0 saturated heterocycles. The van der Waals surface area contributed by atoms with E-state index in [1.165, 1.54) is 6.20 Å². The Kier molecular flexibility index (Phi) is 12.1. The molecule has 0 amide bonds. The van der Waals surface area contributed by atoms with Crippen molar-refractivity contribution < 1.29 is 19.4 Å². The van der Waals surface area contributed by atoms with E-state index in [4.69, 9.17) is 22.5 Å². The molecule has 0 spiro atoms. The van der Waals surface area contributed by atoms with Crippen molar-refractivity contribution in [1.82, 2.24) is 4.98 Å². The molecular weight excluding hydrogens is 528 g/mol. The molecule has 42 heavy (non-hydrogen) atoms. The number of hydrogen-bond acceptors (Lipinski definition) is 7. The Balaban J connectivity index is 0.000000206. The number of benzene rings is 3. The number of nitrogens with one attached hydrogen (secondary N) is 2. The van der Waals surface area contributed by atoms with Gasteiger partial charge in [-0.05, 0) is 64.5 Å². The fourth-order valence-corrected chi connectivity index (χ4v) is 4.08. The maximum absolute atomic E-state index is 9.55. The molecular formula is C31H33B2N5O4. The molecule has 0 saturated carbocycles. The molecule has 0 bridgehead atoms. The van der Waals surface area contributed by atoms with Crippen molar-refractivity contribution >= 4 is 59.4 Å². The molecule has 2 aliphatic heterocycles. The summed E-state index contributed by atoms with van der Waals surface area (Å²) < 4.78 is 10.3. The predicted molar refractivity (Wildman–Crippen MR) is 170 cm³/mol. The molecule has 0 fully saturated rings. The molecule has 0 aliphatic carbocycles. The number of fused-ring (bicyclic) bond motifs is 2. The van der Waals surface area contributed by atoms with Crippen LogP contribution in [0.15, 0.2) is 79.0 Å². The first kappa shape index (κ1) is 31.9. The minimum Gasteiger partial charge on any atom is -0.423 e. The molecule has 11 heteroatoms. The highest BCUT2D eigenvalue weighted by atomic mass is 16.5. The minimum absolute atomic E-state index is 0.413. The van der Waals surface area contributed by atoms with Gasteiger partial charge in [0.05, 0.1) is 26.4 Å². The van der Waals surface area contributed by atoms with Crippen molar-refractivity contribution in [1.29, 1.82) is 0 Å². The van der Waals surface area contributed by atoms with Crippen LogP contribution in [-0.4, -0.2) is 29.3 Å². The number of anilines is 4. The van der Waals surface area contributed by atoms with Crippen molar-refractivity contribution in [2.24, 2.45) is 0 Å². The zero-order valence-corrected chi connectivity index (χ0v) is 24.1. The van der Waals surface area contributed by atoms with Crippen LogP contribution in [0.4, 0.5) is 34.3 Å². The summed E-state index contributed by atoms with van der Waals surface area (Å²) in [7, 11) is -1.62. The van der Waals surface area contributed by atoms with Crippen molar-refractivity contribution in [3.05, 3.63) is 113 Å². The first-order valence-electron chi connectivity index (χ1n) is 13.7. The standard InChI is InChI=1S/C14H11BN2O2.C13H10BN3O2.2C2H6/c1-16-11-2-4-12(5-3-11)17-13-6-7-14-10(8-13)9-19-15(14)18;1-15-11-3-5-13(16-7-11)17-10-2-4-12-9(6-10)8-19-14(12)18;2*1-2/h2-8,17-18H,9H2;2-7,18H,8H2,(H,16,17);2*1-2H3. The molecule has 3 aromatic carbocycles. The van der Waals surface area contributed by atoms with E-state index in [1.54, 1.807) is 24.3 Å². The largest absolute Gasteiger partial charge is 0.491 e. The predicted octanol–water partition coefficient (Wildman–Crippen LogP) is 5.84. The van der Waals surface area contributed by atoms with E-state index in [2.05, 4.69) is 25.3 Å². The van der Waals surface area contributed by atoms with Crippen molar-refractivity contribution in [3.8, 4) is 0 Å². The van der Waals surface area contributed by atoms with Crippen LogP contribution in [0.2, 0.25) is 0 Å². The summed E-state index contributed by atoms with van der Waals surface area (Å²) in [6.07, 6.45) is 1.52. The number of hydrogen-bond donors (Lipinski definition) is 4. The van der Waals surface area contributed by atoms with Gasteiger partial charge < -0.3 is 30.0 Å². The Morgan fingerprint density at radius 3 is 1.62 bits per heavy atom. The van der Waals surface area contributed by atoms with E-state index in [-0.39, 0.29) is 0 Å². The molecule has 6 rings (SSSR count). The summed E-state index contributed by atoms with van der Waals surface area (Å²) in [6.45, 7) is 22.6. The van der Waals surface area contributed by atoms with Crippen molar-refractivity contribution in [2.75, 3.05) is 10.6 Å². The fraction of sp³-hybridized carbons (Fsp3) is 0.194. The number of nitrogens with zero attached hydrogens (tertiary/aromatic N) is 3. The summed E-state index contributed by atoms with van der Waals surface area (Å²) in [6, 6.07) is 22.1. The monoisotopic (exact) mass is 561 g/mol. The number of rotatable bonds is 4. The first-order chi connectivity index (χ1) is 20.5. The molecule has 1 aromatic heterocycles. The highest BCUT2D eigenvalue weighted by molar-refractivity contribution is 6.62. The lowest BCUT2D eigenvalue weighted by atomic mass is 9.79. The molecule has 3 heterocycles. The molecule has 0 atom stereocenters. The number of aromatic nitrogens is 1. The Bertz CT molecular complexity index is 1420. The van der Waals surface area contributed by atoms with E-state index < -0.39 is 14.2 Å². The van der Waals surface area contributed by atoms with Crippen LogP contribution >= 0.6 is 0 Å². The lowest BCUT2D eigenvalue weighted by Crippen LogP contribution is -2.27. The quantitative estimate of drug-likeness (QED) is 0.183. The van der Waals surface area contributed by atoms with E-state index in [1.807, 2.05) is 76.2 Å². The molecule has 0 radical (unpaired) electrons.